The Hall–Kier alpha value is -1.22. The molecule has 3 nitrogen and oxygen atoms in total. The molecule has 0 bridgehead atoms. The SMILES string of the molecule is CCCCCN(C(C)C)C(C)c1cc(O)cc(O)c1. The third kappa shape index (κ3) is 4.75. The van der Waals surface area contributed by atoms with Crippen molar-refractivity contribution in [1.29, 1.82) is 0 Å². The van der Waals surface area contributed by atoms with E-state index in [4.69, 9.17) is 0 Å². The molecule has 0 saturated carbocycles. The molecular formula is C16H27NO2. The molecule has 0 aliphatic rings. The van der Waals surface area contributed by atoms with Crippen LogP contribution in [0.25, 0.3) is 0 Å². The first-order valence-corrected chi connectivity index (χ1v) is 7.24. The lowest BCUT2D eigenvalue weighted by Gasteiger charge is -2.33. The summed E-state index contributed by atoms with van der Waals surface area (Å²) in [4.78, 5) is 2.41. The van der Waals surface area contributed by atoms with Crippen LogP contribution < -0.4 is 0 Å². The molecule has 0 heterocycles. The van der Waals surface area contributed by atoms with Gasteiger partial charge in [-0.15, -0.1) is 0 Å². The van der Waals surface area contributed by atoms with Gasteiger partial charge in [-0.25, -0.2) is 0 Å². The van der Waals surface area contributed by atoms with Crippen molar-refractivity contribution in [3.8, 4) is 11.5 Å². The van der Waals surface area contributed by atoms with Gasteiger partial charge in [-0.1, -0.05) is 19.8 Å². The quantitative estimate of drug-likeness (QED) is 0.731. The highest BCUT2D eigenvalue weighted by molar-refractivity contribution is 5.38. The fourth-order valence-electron chi connectivity index (χ4n) is 2.49. The second kappa shape index (κ2) is 7.39. The Balaban J connectivity index is 2.82. The Morgan fingerprint density at radius 3 is 2.05 bits per heavy atom. The fraction of sp³-hybridized carbons (Fsp3) is 0.625. The summed E-state index contributed by atoms with van der Waals surface area (Å²) in [5.41, 5.74) is 0.961. The van der Waals surface area contributed by atoms with Crippen molar-refractivity contribution in [3.63, 3.8) is 0 Å². The van der Waals surface area contributed by atoms with Crippen molar-refractivity contribution in [2.45, 2.75) is 59.0 Å². The Bertz CT molecular complexity index is 370. The van der Waals surface area contributed by atoms with Crippen LogP contribution in [0.3, 0.4) is 0 Å². The Morgan fingerprint density at radius 1 is 1.00 bits per heavy atom. The monoisotopic (exact) mass is 265 g/mol. The number of unbranched alkanes of at least 4 members (excludes halogenated alkanes) is 2. The maximum absolute atomic E-state index is 9.60. The zero-order valence-corrected chi connectivity index (χ0v) is 12.6. The number of rotatable bonds is 7. The van der Waals surface area contributed by atoms with Gasteiger partial charge in [0.15, 0.2) is 0 Å². The van der Waals surface area contributed by atoms with Crippen molar-refractivity contribution in [3.05, 3.63) is 23.8 Å². The molecule has 1 aromatic carbocycles. The highest BCUT2D eigenvalue weighted by Crippen LogP contribution is 2.29. The zero-order valence-electron chi connectivity index (χ0n) is 12.6. The lowest BCUT2D eigenvalue weighted by molar-refractivity contribution is 0.161. The zero-order chi connectivity index (χ0) is 14.4. The van der Waals surface area contributed by atoms with E-state index in [1.807, 2.05) is 0 Å². The Kier molecular flexibility index (Phi) is 6.16. The molecule has 1 rings (SSSR count). The minimum absolute atomic E-state index is 0.124. The summed E-state index contributed by atoms with van der Waals surface area (Å²) >= 11 is 0. The standard InChI is InChI=1S/C16H27NO2/c1-5-6-7-8-17(12(2)3)13(4)14-9-15(18)11-16(19)10-14/h9-13,18-19H,5-8H2,1-4H3. The largest absolute Gasteiger partial charge is 0.508 e. The van der Waals surface area contributed by atoms with Crippen molar-refractivity contribution >= 4 is 0 Å². The number of hydrogen-bond donors (Lipinski definition) is 2. The van der Waals surface area contributed by atoms with E-state index in [0.29, 0.717) is 6.04 Å². The van der Waals surface area contributed by atoms with Crippen LogP contribution in [-0.2, 0) is 0 Å². The molecule has 1 atom stereocenters. The van der Waals surface area contributed by atoms with E-state index in [1.54, 1.807) is 12.1 Å². The maximum atomic E-state index is 9.60. The number of aromatic hydroxyl groups is 2. The lowest BCUT2D eigenvalue weighted by atomic mass is 10.0. The van der Waals surface area contributed by atoms with Crippen LogP contribution in [0, 0.1) is 0 Å². The van der Waals surface area contributed by atoms with E-state index in [0.717, 1.165) is 12.1 Å². The minimum Gasteiger partial charge on any atom is -0.508 e. The predicted octanol–water partition coefficient (Wildman–Crippen LogP) is 4.06. The Labute approximate surface area is 116 Å². The van der Waals surface area contributed by atoms with Gasteiger partial charge in [0, 0.05) is 18.2 Å². The predicted molar refractivity (Wildman–Crippen MR) is 79.6 cm³/mol. The van der Waals surface area contributed by atoms with Crippen LogP contribution in [0.5, 0.6) is 11.5 Å². The van der Waals surface area contributed by atoms with Crippen molar-refractivity contribution in [2.75, 3.05) is 6.54 Å². The second-order valence-corrected chi connectivity index (χ2v) is 5.50. The second-order valence-electron chi connectivity index (χ2n) is 5.50. The summed E-state index contributed by atoms with van der Waals surface area (Å²) in [7, 11) is 0. The molecule has 0 radical (unpaired) electrons. The van der Waals surface area contributed by atoms with E-state index >= 15 is 0 Å². The highest BCUT2D eigenvalue weighted by atomic mass is 16.3. The molecule has 108 valence electrons. The average molecular weight is 265 g/mol. The van der Waals surface area contributed by atoms with E-state index < -0.39 is 0 Å². The van der Waals surface area contributed by atoms with Crippen LogP contribution in [-0.4, -0.2) is 27.7 Å². The third-order valence-electron chi connectivity index (χ3n) is 3.59. The average Bonchev–Trinajstić information content (AvgIpc) is 2.32. The summed E-state index contributed by atoms with van der Waals surface area (Å²) in [6.07, 6.45) is 3.64. The van der Waals surface area contributed by atoms with Gasteiger partial charge in [0.2, 0.25) is 0 Å². The van der Waals surface area contributed by atoms with Gasteiger partial charge in [0.05, 0.1) is 0 Å². The van der Waals surface area contributed by atoms with Gasteiger partial charge in [-0.2, -0.15) is 0 Å². The van der Waals surface area contributed by atoms with E-state index in [1.165, 1.54) is 25.3 Å². The van der Waals surface area contributed by atoms with Crippen LogP contribution in [0.1, 0.15) is 58.6 Å². The molecule has 0 saturated heterocycles. The summed E-state index contributed by atoms with van der Waals surface area (Å²) < 4.78 is 0. The summed E-state index contributed by atoms with van der Waals surface area (Å²) in [5.74, 6) is 0.248. The number of benzene rings is 1. The van der Waals surface area contributed by atoms with Crippen molar-refractivity contribution in [2.24, 2.45) is 0 Å². The molecule has 0 spiro atoms. The fourth-order valence-corrected chi connectivity index (χ4v) is 2.49. The summed E-state index contributed by atoms with van der Waals surface area (Å²) in [6, 6.07) is 5.47. The highest BCUT2D eigenvalue weighted by Gasteiger charge is 2.19. The molecule has 0 amide bonds. The van der Waals surface area contributed by atoms with Crippen LogP contribution >= 0.6 is 0 Å². The van der Waals surface area contributed by atoms with Gasteiger partial charge in [-0.05, 0) is 51.4 Å². The minimum atomic E-state index is 0.124. The van der Waals surface area contributed by atoms with Gasteiger partial charge < -0.3 is 10.2 Å². The third-order valence-corrected chi connectivity index (χ3v) is 3.59. The molecule has 0 aromatic heterocycles. The molecule has 0 aliphatic carbocycles. The first-order valence-electron chi connectivity index (χ1n) is 7.24. The van der Waals surface area contributed by atoms with Gasteiger partial charge in [0.25, 0.3) is 0 Å². The van der Waals surface area contributed by atoms with E-state index in [2.05, 4.69) is 32.6 Å². The smallest absolute Gasteiger partial charge is 0.119 e. The van der Waals surface area contributed by atoms with Gasteiger partial charge in [0.1, 0.15) is 11.5 Å². The molecule has 2 N–H and O–H groups in total. The lowest BCUT2D eigenvalue weighted by Crippen LogP contribution is -2.34. The normalized spacial score (nSPS) is 13.2. The molecule has 0 aliphatic heterocycles. The van der Waals surface area contributed by atoms with Crippen LogP contribution in [0.15, 0.2) is 18.2 Å². The topological polar surface area (TPSA) is 43.7 Å². The molecule has 1 unspecified atom stereocenters. The van der Waals surface area contributed by atoms with Crippen molar-refractivity contribution in [1.82, 2.24) is 4.90 Å². The Morgan fingerprint density at radius 2 is 1.58 bits per heavy atom. The van der Waals surface area contributed by atoms with E-state index in [-0.39, 0.29) is 17.5 Å². The number of hydrogen-bond acceptors (Lipinski definition) is 3. The van der Waals surface area contributed by atoms with Gasteiger partial charge >= 0.3 is 0 Å². The molecule has 3 heteroatoms. The molecule has 0 fully saturated rings. The molecular weight excluding hydrogens is 238 g/mol. The number of phenolic OH excluding ortho intramolecular Hbond substituents is 2. The molecule has 1 aromatic rings. The summed E-state index contributed by atoms with van der Waals surface area (Å²) in [5, 5.41) is 19.2. The first kappa shape index (κ1) is 15.8. The number of nitrogens with zero attached hydrogens (tertiary/aromatic N) is 1. The van der Waals surface area contributed by atoms with Gasteiger partial charge in [-0.3, -0.25) is 4.90 Å². The van der Waals surface area contributed by atoms with Crippen LogP contribution in [0.4, 0.5) is 0 Å². The molecule has 19 heavy (non-hydrogen) atoms. The first-order chi connectivity index (χ1) is 8.95. The maximum Gasteiger partial charge on any atom is 0.119 e. The van der Waals surface area contributed by atoms with Crippen molar-refractivity contribution < 1.29 is 10.2 Å². The summed E-state index contributed by atoms with van der Waals surface area (Å²) in [6.45, 7) is 9.75. The van der Waals surface area contributed by atoms with Crippen LogP contribution in [0.2, 0.25) is 0 Å². The number of phenols is 2. The van der Waals surface area contributed by atoms with E-state index in [9.17, 15) is 10.2 Å².